The van der Waals surface area contributed by atoms with E-state index < -0.39 is 0 Å². The van der Waals surface area contributed by atoms with E-state index >= 15 is 0 Å². The number of hydrogen-bond acceptors (Lipinski definition) is 2. The predicted octanol–water partition coefficient (Wildman–Crippen LogP) is 3.38. The molecule has 1 atom stereocenters. The van der Waals surface area contributed by atoms with Crippen LogP contribution in [0.4, 0.5) is 0 Å². The van der Waals surface area contributed by atoms with E-state index in [0.717, 1.165) is 18.4 Å². The second-order valence-electron chi connectivity index (χ2n) is 5.95. The monoisotopic (exact) mass is 296 g/mol. The van der Waals surface area contributed by atoms with Crippen molar-refractivity contribution in [1.82, 2.24) is 10.3 Å². The van der Waals surface area contributed by atoms with Gasteiger partial charge < -0.3 is 5.32 Å². The third kappa shape index (κ3) is 4.99. The molecular weight excluding hydrogens is 272 g/mol. The SMILES string of the molecule is Cc1ccc(CCC(=O)NC(C)Cc2cccnc2)cc1C. The van der Waals surface area contributed by atoms with Crippen molar-refractivity contribution >= 4 is 5.91 Å². The molecule has 0 spiro atoms. The Bertz CT molecular complexity index is 623. The van der Waals surface area contributed by atoms with E-state index in [1.54, 1.807) is 6.20 Å². The Morgan fingerprint density at radius 1 is 1.18 bits per heavy atom. The zero-order chi connectivity index (χ0) is 15.9. The maximum atomic E-state index is 12.0. The second-order valence-corrected chi connectivity index (χ2v) is 5.95. The third-order valence-corrected chi connectivity index (χ3v) is 3.88. The molecule has 0 saturated carbocycles. The summed E-state index contributed by atoms with van der Waals surface area (Å²) >= 11 is 0. The molecule has 0 bridgehead atoms. The minimum absolute atomic E-state index is 0.106. The summed E-state index contributed by atoms with van der Waals surface area (Å²) in [7, 11) is 0. The van der Waals surface area contributed by atoms with Crippen LogP contribution in [0.3, 0.4) is 0 Å². The van der Waals surface area contributed by atoms with Gasteiger partial charge in [0.05, 0.1) is 0 Å². The van der Waals surface area contributed by atoms with Crippen LogP contribution in [0.25, 0.3) is 0 Å². The lowest BCUT2D eigenvalue weighted by molar-refractivity contribution is -0.121. The summed E-state index contributed by atoms with van der Waals surface area (Å²) < 4.78 is 0. The molecule has 0 fully saturated rings. The summed E-state index contributed by atoms with van der Waals surface area (Å²) in [6, 6.07) is 10.5. The molecule has 2 rings (SSSR count). The molecule has 1 heterocycles. The molecule has 0 aliphatic rings. The van der Waals surface area contributed by atoms with E-state index in [9.17, 15) is 4.79 Å². The van der Waals surface area contributed by atoms with Gasteiger partial charge in [0.15, 0.2) is 0 Å². The molecule has 1 aromatic heterocycles. The van der Waals surface area contributed by atoms with E-state index in [1.165, 1.54) is 16.7 Å². The van der Waals surface area contributed by atoms with Gasteiger partial charge in [-0.25, -0.2) is 0 Å². The molecule has 0 aliphatic carbocycles. The van der Waals surface area contributed by atoms with Gasteiger partial charge in [0, 0.05) is 24.9 Å². The molecule has 3 heteroatoms. The summed E-state index contributed by atoms with van der Waals surface area (Å²) in [4.78, 5) is 16.1. The highest BCUT2D eigenvalue weighted by atomic mass is 16.1. The second kappa shape index (κ2) is 7.74. The van der Waals surface area contributed by atoms with E-state index in [1.807, 2.05) is 25.3 Å². The van der Waals surface area contributed by atoms with Gasteiger partial charge in [-0.2, -0.15) is 0 Å². The summed E-state index contributed by atoms with van der Waals surface area (Å²) in [5.41, 5.74) is 4.93. The molecule has 2 aromatic rings. The van der Waals surface area contributed by atoms with Crippen molar-refractivity contribution in [3.8, 4) is 0 Å². The van der Waals surface area contributed by atoms with Crippen molar-refractivity contribution in [3.05, 3.63) is 65.0 Å². The fourth-order valence-electron chi connectivity index (χ4n) is 2.49. The van der Waals surface area contributed by atoms with Crippen molar-refractivity contribution < 1.29 is 4.79 Å². The summed E-state index contributed by atoms with van der Waals surface area (Å²) in [6.07, 6.45) is 5.73. The first-order valence-electron chi connectivity index (χ1n) is 7.79. The van der Waals surface area contributed by atoms with Crippen molar-refractivity contribution in [1.29, 1.82) is 0 Å². The van der Waals surface area contributed by atoms with Gasteiger partial charge in [-0.3, -0.25) is 9.78 Å². The smallest absolute Gasteiger partial charge is 0.220 e. The van der Waals surface area contributed by atoms with Crippen molar-refractivity contribution in [2.75, 3.05) is 0 Å². The van der Waals surface area contributed by atoms with Gasteiger partial charge in [-0.15, -0.1) is 0 Å². The highest BCUT2D eigenvalue weighted by Gasteiger charge is 2.08. The third-order valence-electron chi connectivity index (χ3n) is 3.88. The Kier molecular flexibility index (Phi) is 5.70. The van der Waals surface area contributed by atoms with Gasteiger partial charge in [-0.05, 0) is 61.9 Å². The van der Waals surface area contributed by atoms with E-state index in [-0.39, 0.29) is 11.9 Å². The highest BCUT2D eigenvalue weighted by molar-refractivity contribution is 5.76. The van der Waals surface area contributed by atoms with Crippen LogP contribution in [-0.4, -0.2) is 16.9 Å². The van der Waals surface area contributed by atoms with Crippen LogP contribution in [-0.2, 0) is 17.6 Å². The maximum Gasteiger partial charge on any atom is 0.220 e. The Balaban J connectivity index is 1.78. The lowest BCUT2D eigenvalue weighted by atomic mass is 10.0. The topological polar surface area (TPSA) is 42.0 Å². The molecule has 1 unspecified atom stereocenters. The number of aromatic nitrogens is 1. The first kappa shape index (κ1) is 16.2. The number of pyridine rings is 1. The van der Waals surface area contributed by atoms with Gasteiger partial charge in [0.1, 0.15) is 0 Å². The van der Waals surface area contributed by atoms with Crippen molar-refractivity contribution in [2.45, 2.75) is 46.1 Å². The van der Waals surface area contributed by atoms with Gasteiger partial charge in [0.2, 0.25) is 5.91 Å². The first-order chi connectivity index (χ1) is 10.5. The number of nitrogens with one attached hydrogen (secondary N) is 1. The standard InChI is InChI=1S/C19H24N2O/c1-14-6-7-17(11-15(14)2)8-9-19(22)21-16(3)12-18-5-4-10-20-13-18/h4-7,10-11,13,16H,8-9,12H2,1-3H3,(H,21,22). The molecule has 0 aliphatic heterocycles. The number of hydrogen-bond donors (Lipinski definition) is 1. The summed E-state index contributed by atoms with van der Waals surface area (Å²) in [6.45, 7) is 6.24. The molecule has 22 heavy (non-hydrogen) atoms. The van der Waals surface area contributed by atoms with Crippen LogP contribution >= 0.6 is 0 Å². The zero-order valence-corrected chi connectivity index (χ0v) is 13.6. The highest BCUT2D eigenvalue weighted by Crippen LogP contribution is 2.11. The van der Waals surface area contributed by atoms with Gasteiger partial charge >= 0.3 is 0 Å². The quantitative estimate of drug-likeness (QED) is 0.888. The average Bonchev–Trinajstić information content (AvgIpc) is 2.49. The molecule has 1 aromatic carbocycles. The van der Waals surface area contributed by atoms with Gasteiger partial charge in [-0.1, -0.05) is 24.3 Å². The molecular formula is C19H24N2O. The number of rotatable bonds is 6. The number of carbonyl (C=O) groups excluding carboxylic acids is 1. The lowest BCUT2D eigenvalue weighted by Gasteiger charge is -2.14. The molecule has 0 radical (unpaired) electrons. The Morgan fingerprint density at radius 3 is 2.68 bits per heavy atom. The van der Waals surface area contributed by atoms with Crippen LogP contribution < -0.4 is 5.32 Å². The normalized spacial score (nSPS) is 12.0. The predicted molar refractivity (Wildman–Crippen MR) is 89.8 cm³/mol. The average molecular weight is 296 g/mol. The minimum Gasteiger partial charge on any atom is -0.353 e. The van der Waals surface area contributed by atoms with Crippen LogP contribution in [0.15, 0.2) is 42.7 Å². The number of carbonyl (C=O) groups is 1. The fourth-order valence-corrected chi connectivity index (χ4v) is 2.49. The van der Waals surface area contributed by atoms with E-state index in [2.05, 4.69) is 42.3 Å². The fraction of sp³-hybridized carbons (Fsp3) is 0.368. The minimum atomic E-state index is 0.106. The first-order valence-corrected chi connectivity index (χ1v) is 7.79. The number of benzene rings is 1. The van der Waals surface area contributed by atoms with Crippen LogP contribution in [0.2, 0.25) is 0 Å². The van der Waals surface area contributed by atoms with E-state index in [0.29, 0.717) is 6.42 Å². The number of nitrogens with zero attached hydrogens (tertiary/aromatic N) is 1. The van der Waals surface area contributed by atoms with Crippen molar-refractivity contribution in [2.24, 2.45) is 0 Å². The Morgan fingerprint density at radius 2 is 2.00 bits per heavy atom. The van der Waals surface area contributed by atoms with Crippen LogP contribution in [0.5, 0.6) is 0 Å². The largest absolute Gasteiger partial charge is 0.353 e. The van der Waals surface area contributed by atoms with E-state index in [4.69, 9.17) is 0 Å². The summed E-state index contributed by atoms with van der Waals surface area (Å²) in [5.74, 6) is 0.106. The van der Waals surface area contributed by atoms with Crippen molar-refractivity contribution in [3.63, 3.8) is 0 Å². The van der Waals surface area contributed by atoms with Gasteiger partial charge in [0.25, 0.3) is 0 Å². The molecule has 3 nitrogen and oxygen atoms in total. The molecule has 1 N–H and O–H groups in total. The summed E-state index contributed by atoms with van der Waals surface area (Å²) in [5, 5.41) is 3.06. The molecule has 116 valence electrons. The number of amides is 1. The molecule has 0 saturated heterocycles. The Labute approximate surface area is 132 Å². The number of aryl methyl sites for hydroxylation is 3. The Hall–Kier alpha value is -2.16. The molecule has 1 amide bonds. The van der Waals surface area contributed by atoms with Crippen LogP contribution in [0.1, 0.15) is 35.6 Å². The maximum absolute atomic E-state index is 12.0. The van der Waals surface area contributed by atoms with Crippen LogP contribution in [0, 0.1) is 13.8 Å². The lowest BCUT2D eigenvalue weighted by Crippen LogP contribution is -2.34. The zero-order valence-electron chi connectivity index (χ0n) is 13.6.